The van der Waals surface area contributed by atoms with Crippen molar-refractivity contribution in [1.29, 1.82) is 0 Å². The van der Waals surface area contributed by atoms with Crippen LogP contribution in [0.1, 0.15) is 18.4 Å². The van der Waals surface area contributed by atoms with Gasteiger partial charge in [0.15, 0.2) is 0 Å². The SMILES string of the molecule is CN1CCC(CN(C)c2cc(C(F)(F)F)cc(N)n2)CC1. The molecule has 0 atom stereocenters. The molecule has 1 aliphatic heterocycles. The summed E-state index contributed by atoms with van der Waals surface area (Å²) < 4.78 is 38.4. The first-order chi connectivity index (χ1) is 9.75. The van der Waals surface area contributed by atoms with Gasteiger partial charge in [0.25, 0.3) is 0 Å². The largest absolute Gasteiger partial charge is 0.416 e. The Kier molecular flexibility index (Phi) is 4.61. The first-order valence-electron chi connectivity index (χ1n) is 7.00. The van der Waals surface area contributed by atoms with Crippen LogP contribution in [0.2, 0.25) is 0 Å². The molecule has 0 unspecified atom stereocenters. The van der Waals surface area contributed by atoms with E-state index in [1.807, 2.05) is 0 Å². The van der Waals surface area contributed by atoms with Gasteiger partial charge in [0.2, 0.25) is 0 Å². The molecule has 7 heteroatoms. The molecule has 2 heterocycles. The Morgan fingerprint density at radius 3 is 2.52 bits per heavy atom. The molecule has 0 bridgehead atoms. The van der Waals surface area contributed by atoms with Crippen LogP contribution in [0.4, 0.5) is 24.8 Å². The number of nitrogens with two attached hydrogens (primary N) is 1. The van der Waals surface area contributed by atoms with E-state index in [1.165, 1.54) is 0 Å². The predicted octanol–water partition coefficient (Wildman–Crippen LogP) is 2.46. The number of halogens is 3. The van der Waals surface area contributed by atoms with Crippen molar-refractivity contribution in [3.8, 4) is 0 Å². The first-order valence-corrected chi connectivity index (χ1v) is 7.00. The summed E-state index contributed by atoms with van der Waals surface area (Å²) >= 11 is 0. The molecule has 0 radical (unpaired) electrons. The zero-order valence-electron chi connectivity index (χ0n) is 12.3. The van der Waals surface area contributed by atoms with Crippen LogP contribution < -0.4 is 10.6 Å². The fourth-order valence-electron chi connectivity index (χ4n) is 2.62. The molecule has 0 aliphatic carbocycles. The summed E-state index contributed by atoms with van der Waals surface area (Å²) in [6.45, 7) is 2.74. The van der Waals surface area contributed by atoms with Crippen molar-refractivity contribution in [2.24, 2.45) is 5.92 Å². The topological polar surface area (TPSA) is 45.4 Å². The van der Waals surface area contributed by atoms with Crippen molar-refractivity contribution >= 4 is 11.6 Å². The highest BCUT2D eigenvalue weighted by molar-refractivity contribution is 5.48. The van der Waals surface area contributed by atoms with Gasteiger partial charge in [0, 0.05) is 13.6 Å². The van der Waals surface area contributed by atoms with E-state index in [1.54, 1.807) is 11.9 Å². The lowest BCUT2D eigenvalue weighted by Gasteiger charge is -2.32. The van der Waals surface area contributed by atoms with Crippen molar-refractivity contribution in [1.82, 2.24) is 9.88 Å². The van der Waals surface area contributed by atoms with Crippen LogP contribution >= 0.6 is 0 Å². The van der Waals surface area contributed by atoms with Crippen LogP contribution in [0, 0.1) is 5.92 Å². The molecule has 1 saturated heterocycles. The predicted molar refractivity (Wildman–Crippen MR) is 77.1 cm³/mol. The molecular weight excluding hydrogens is 281 g/mol. The molecule has 1 fully saturated rings. The number of likely N-dealkylation sites (tertiary alicyclic amines) is 1. The van der Waals surface area contributed by atoms with Crippen molar-refractivity contribution < 1.29 is 13.2 Å². The Morgan fingerprint density at radius 2 is 1.95 bits per heavy atom. The highest BCUT2D eigenvalue weighted by atomic mass is 19.4. The zero-order valence-corrected chi connectivity index (χ0v) is 12.3. The monoisotopic (exact) mass is 302 g/mol. The normalized spacial score (nSPS) is 18.0. The van der Waals surface area contributed by atoms with Gasteiger partial charge in [-0.05, 0) is 51.0 Å². The van der Waals surface area contributed by atoms with E-state index in [2.05, 4.69) is 16.9 Å². The fraction of sp³-hybridized carbons (Fsp3) is 0.643. The van der Waals surface area contributed by atoms with Crippen LogP contribution in [0.5, 0.6) is 0 Å². The van der Waals surface area contributed by atoms with Crippen molar-refractivity contribution in [3.05, 3.63) is 17.7 Å². The summed E-state index contributed by atoms with van der Waals surface area (Å²) in [4.78, 5) is 8.05. The van der Waals surface area contributed by atoms with Gasteiger partial charge in [-0.3, -0.25) is 0 Å². The maximum Gasteiger partial charge on any atom is 0.416 e. The third kappa shape index (κ3) is 4.23. The lowest BCUT2D eigenvalue weighted by atomic mass is 9.96. The number of hydrogen-bond donors (Lipinski definition) is 1. The average Bonchev–Trinajstić information content (AvgIpc) is 2.39. The summed E-state index contributed by atoms with van der Waals surface area (Å²) in [6, 6.07) is 1.93. The summed E-state index contributed by atoms with van der Waals surface area (Å²) in [5, 5.41) is 0. The Labute approximate surface area is 122 Å². The highest BCUT2D eigenvalue weighted by Crippen LogP contribution is 2.32. The van der Waals surface area contributed by atoms with Crippen LogP contribution in [0.15, 0.2) is 12.1 Å². The molecule has 0 amide bonds. The minimum atomic E-state index is -4.40. The number of hydrogen-bond acceptors (Lipinski definition) is 4. The lowest BCUT2D eigenvalue weighted by molar-refractivity contribution is -0.137. The van der Waals surface area contributed by atoms with Gasteiger partial charge >= 0.3 is 6.18 Å². The van der Waals surface area contributed by atoms with Gasteiger partial charge in [0.1, 0.15) is 11.6 Å². The van der Waals surface area contributed by atoms with E-state index in [9.17, 15) is 13.2 Å². The van der Waals surface area contributed by atoms with Crippen molar-refractivity contribution in [2.45, 2.75) is 19.0 Å². The summed E-state index contributed by atoms with van der Waals surface area (Å²) in [5.41, 5.74) is 4.75. The Morgan fingerprint density at radius 1 is 1.33 bits per heavy atom. The number of piperidine rings is 1. The maximum absolute atomic E-state index is 12.8. The van der Waals surface area contributed by atoms with Crippen LogP contribution in [-0.2, 0) is 6.18 Å². The van der Waals surface area contributed by atoms with E-state index < -0.39 is 11.7 Å². The number of alkyl halides is 3. The molecular formula is C14H21F3N4. The van der Waals surface area contributed by atoms with E-state index in [0.717, 1.165) is 38.1 Å². The molecule has 2 rings (SSSR count). The first kappa shape index (κ1) is 15.9. The number of anilines is 2. The van der Waals surface area contributed by atoms with E-state index in [4.69, 9.17) is 5.73 Å². The molecule has 2 N–H and O–H groups in total. The van der Waals surface area contributed by atoms with Gasteiger partial charge in [-0.25, -0.2) is 4.98 Å². The standard InChI is InChI=1S/C14H21F3N4/c1-20-5-3-10(4-6-20)9-21(2)13-8-11(14(15,16)17)7-12(18)19-13/h7-8,10H,3-6,9H2,1-2H3,(H2,18,19). The van der Waals surface area contributed by atoms with Gasteiger partial charge in [-0.15, -0.1) is 0 Å². The summed E-state index contributed by atoms with van der Waals surface area (Å²) in [6.07, 6.45) is -2.30. The molecule has 4 nitrogen and oxygen atoms in total. The summed E-state index contributed by atoms with van der Waals surface area (Å²) in [5.74, 6) is 0.653. The zero-order chi connectivity index (χ0) is 15.6. The third-order valence-corrected chi connectivity index (χ3v) is 3.92. The molecule has 21 heavy (non-hydrogen) atoms. The number of nitrogens with zero attached hydrogens (tertiary/aromatic N) is 3. The van der Waals surface area contributed by atoms with E-state index >= 15 is 0 Å². The third-order valence-electron chi connectivity index (χ3n) is 3.92. The smallest absolute Gasteiger partial charge is 0.384 e. The number of nitrogen functional groups attached to an aromatic ring is 1. The van der Waals surface area contributed by atoms with Gasteiger partial charge in [-0.2, -0.15) is 13.2 Å². The Bertz CT molecular complexity index is 482. The van der Waals surface area contributed by atoms with E-state index in [0.29, 0.717) is 12.5 Å². The van der Waals surface area contributed by atoms with Gasteiger partial charge in [-0.1, -0.05) is 0 Å². The second-order valence-electron chi connectivity index (χ2n) is 5.76. The van der Waals surface area contributed by atoms with Crippen molar-refractivity contribution in [3.63, 3.8) is 0 Å². The maximum atomic E-state index is 12.8. The minimum absolute atomic E-state index is 0.102. The number of aromatic nitrogens is 1. The number of pyridine rings is 1. The van der Waals surface area contributed by atoms with Gasteiger partial charge in [0.05, 0.1) is 5.56 Å². The molecule has 1 aromatic rings. The second-order valence-corrected chi connectivity index (χ2v) is 5.76. The highest BCUT2D eigenvalue weighted by Gasteiger charge is 2.32. The quantitative estimate of drug-likeness (QED) is 0.931. The Hall–Kier alpha value is -1.50. The second kappa shape index (κ2) is 6.09. The average molecular weight is 302 g/mol. The minimum Gasteiger partial charge on any atom is -0.384 e. The molecule has 1 aromatic heterocycles. The number of rotatable bonds is 3. The van der Waals surface area contributed by atoms with Crippen LogP contribution in [0.25, 0.3) is 0 Å². The summed E-state index contributed by atoms with van der Waals surface area (Å²) in [7, 11) is 3.84. The van der Waals surface area contributed by atoms with E-state index in [-0.39, 0.29) is 11.6 Å². The molecule has 0 saturated carbocycles. The van der Waals surface area contributed by atoms with Crippen LogP contribution in [-0.4, -0.2) is 43.6 Å². The molecule has 0 aromatic carbocycles. The molecule has 1 aliphatic rings. The lowest BCUT2D eigenvalue weighted by Crippen LogP contribution is -2.36. The Balaban J connectivity index is 2.08. The molecule has 118 valence electrons. The molecule has 0 spiro atoms. The van der Waals surface area contributed by atoms with Crippen molar-refractivity contribution in [2.75, 3.05) is 44.4 Å². The fourth-order valence-corrected chi connectivity index (χ4v) is 2.62. The van der Waals surface area contributed by atoms with Crippen LogP contribution in [0.3, 0.4) is 0 Å². The van der Waals surface area contributed by atoms with Gasteiger partial charge < -0.3 is 15.5 Å².